The van der Waals surface area contributed by atoms with Crippen LogP contribution in [0.25, 0.3) is 0 Å². The highest BCUT2D eigenvalue weighted by Gasteiger charge is 2.30. The molecule has 3 rings (SSSR count). The van der Waals surface area contributed by atoms with E-state index in [1.807, 2.05) is 0 Å². The molecule has 0 radical (unpaired) electrons. The number of amidine groups is 1. The Morgan fingerprint density at radius 2 is 2.11 bits per heavy atom. The molecule has 28 heavy (non-hydrogen) atoms. The number of halogens is 3. The summed E-state index contributed by atoms with van der Waals surface area (Å²) in [5, 5.41) is 5.16. The molecule has 1 aliphatic heterocycles. The highest BCUT2D eigenvalue weighted by Crippen LogP contribution is 2.30. The minimum atomic E-state index is -0.716. The normalized spacial score (nSPS) is 17.9. The summed E-state index contributed by atoms with van der Waals surface area (Å²) in [5.41, 5.74) is 0.752. The highest BCUT2D eigenvalue weighted by molar-refractivity contribution is 8.15. The number of methoxy groups -OCH3 is 1. The lowest BCUT2D eigenvalue weighted by Crippen LogP contribution is -2.41. The molecule has 0 unspecified atom stereocenters. The van der Waals surface area contributed by atoms with Gasteiger partial charge in [0.1, 0.15) is 16.8 Å². The van der Waals surface area contributed by atoms with E-state index in [4.69, 9.17) is 27.9 Å². The van der Waals surface area contributed by atoms with Crippen LogP contribution in [0.1, 0.15) is 6.42 Å². The first-order chi connectivity index (χ1) is 13.4. The molecule has 0 bridgehead atoms. The zero-order chi connectivity index (χ0) is 20.3. The summed E-state index contributed by atoms with van der Waals surface area (Å²) < 4.78 is 18.5. The van der Waals surface area contributed by atoms with Gasteiger partial charge in [0.25, 0.3) is 0 Å². The van der Waals surface area contributed by atoms with Crippen LogP contribution in [0, 0.1) is 5.82 Å². The van der Waals surface area contributed by atoms with Crippen LogP contribution >= 0.6 is 35.0 Å². The van der Waals surface area contributed by atoms with Crippen LogP contribution in [0.5, 0.6) is 5.75 Å². The van der Waals surface area contributed by atoms with Crippen LogP contribution < -0.4 is 15.4 Å². The Balaban J connectivity index is 1.78. The van der Waals surface area contributed by atoms with E-state index >= 15 is 0 Å². The van der Waals surface area contributed by atoms with E-state index in [2.05, 4.69) is 15.6 Å². The van der Waals surface area contributed by atoms with Crippen LogP contribution in [0.4, 0.5) is 15.8 Å². The Kier molecular flexibility index (Phi) is 6.43. The van der Waals surface area contributed by atoms with Crippen molar-refractivity contribution in [1.82, 2.24) is 5.32 Å². The number of carbonyl (C=O) groups is 2. The number of rotatable bonds is 4. The molecule has 1 atom stereocenters. The molecular formula is C18H14Cl2FN3O3S. The number of ether oxygens (including phenoxy) is 1. The number of hydrogen-bond donors (Lipinski definition) is 2. The van der Waals surface area contributed by atoms with Crippen LogP contribution in [0.2, 0.25) is 10.0 Å². The Morgan fingerprint density at radius 3 is 2.82 bits per heavy atom. The molecule has 146 valence electrons. The van der Waals surface area contributed by atoms with Crippen LogP contribution in [-0.2, 0) is 9.59 Å². The fraction of sp³-hybridized carbons (Fsp3) is 0.167. The lowest BCUT2D eigenvalue weighted by Gasteiger charge is -2.22. The summed E-state index contributed by atoms with van der Waals surface area (Å²) >= 11 is 12.8. The number of hydrogen-bond acceptors (Lipinski definition) is 5. The van der Waals surface area contributed by atoms with Crippen molar-refractivity contribution in [2.75, 3.05) is 12.4 Å². The molecule has 10 heteroatoms. The van der Waals surface area contributed by atoms with E-state index in [1.54, 1.807) is 18.2 Å². The lowest BCUT2D eigenvalue weighted by atomic mass is 10.2. The van der Waals surface area contributed by atoms with Gasteiger partial charge in [-0.15, -0.1) is 0 Å². The summed E-state index contributed by atoms with van der Waals surface area (Å²) in [7, 11) is 1.47. The van der Waals surface area contributed by atoms with Crippen molar-refractivity contribution in [2.45, 2.75) is 11.7 Å². The van der Waals surface area contributed by atoms with Crippen LogP contribution in [-0.4, -0.2) is 29.3 Å². The van der Waals surface area contributed by atoms with Crippen LogP contribution in [0.3, 0.4) is 0 Å². The number of anilines is 1. The molecule has 1 heterocycles. The molecule has 0 saturated carbocycles. The Labute approximate surface area is 174 Å². The summed E-state index contributed by atoms with van der Waals surface area (Å²) in [5.74, 6) is -0.884. The maximum absolute atomic E-state index is 13.3. The molecule has 0 aromatic heterocycles. The molecule has 0 spiro atoms. The number of aliphatic imine (C=N–C) groups is 1. The number of carbonyl (C=O) groups excluding carboxylic acids is 2. The van der Waals surface area contributed by atoms with E-state index in [-0.39, 0.29) is 22.5 Å². The average Bonchev–Trinajstić information content (AvgIpc) is 2.64. The molecule has 2 N–H and O–H groups in total. The standard InChI is InChI=1S/C18H14Cl2FN3O3S/c1-27-14-5-2-9(19)6-13(14)23-17(26)15-8-16(25)24-18(28-15)22-10-3-4-12(21)11(20)7-10/h2-7,15H,8H2,1H3,(H,23,26)(H,22,24,25)/t15-/m0/s1. The first kappa shape index (κ1) is 20.4. The highest BCUT2D eigenvalue weighted by atomic mass is 35.5. The maximum Gasteiger partial charge on any atom is 0.238 e. The smallest absolute Gasteiger partial charge is 0.238 e. The van der Waals surface area contributed by atoms with Gasteiger partial charge in [-0.05, 0) is 36.4 Å². The Morgan fingerprint density at radius 1 is 1.32 bits per heavy atom. The van der Waals surface area contributed by atoms with Crippen molar-refractivity contribution < 1.29 is 18.7 Å². The molecule has 0 aliphatic carbocycles. The lowest BCUT2D eigenvalue weighted by molar-refractivity contribution is -0.123. The predicted octanol–water partition coefficient (Wildman–Crippen LogP) is 4.39. The number of thioether (sulfide) groups is 1. The number of benzene rings is 2. The Bertz CT molecular complexity index is 971. The second kappa shape index (κ2) is 8.81. The topological polar surface area (TPSA) is 79.8 Å². The van der Waals surface area contributed by atoms with Crippen molar-refractivity contribution in [3.63, 3.8) is 0 Å². The molecule has 2 aromatic rings. The van der Waals surface area contributed by atoms with E-state index in [0.29, 0.717) is 22.1 Å². The maximum atomic E-state index is 13.3. The minimum absolute atomic E-state index is 0.0252. The molecule has 2 aromatic carbocycles. The van der Waals surface area contributed by atoms with Gasteiger partial charge >= 0.3 is 0 Å². The van der Waals surface area contributed by atoms with Gasteiger partial charge in [-0.25, -0.2) is 9.38 Å². The zero-order valence-corrected chi connectivity index (χ0v) is 16.8. The summed E-state index contributed by atoms with van der Waals surface area (Å²) in [4.78, 5) is 28.9. The quantitative estimate of drug-likeness (QED) is 0.736. The van der Waals surface area contributed by atoms with Crippen molar-refractivity contribution in [2.24, 2.45) is 4.99 Å². The zero-order valence-electron chi connectivity index (χ0n) is 14.5. The van der Waals surface area contributed by atoms with Gasteiger partial charge < -0.3 is 15.4 Å². The van der Waals surface area contributed by atoms with Gasteiger partial charge in [0.05, 0.1) is 23.5 Å². The number of nitrogens with zero attached hydrogens (tertiary/aromatic N) is 1. The molecule has 2 amide bonds. The van der Waals surface area contributed by atoms with E-state index in [0.717, 1.165) is 11.8 Å². The Hall–Kier alpha value is -2.29. The van der Waals surface area contributed by atoms with E-state index in [9.17, 15) is 14.0 Å². The second-order valence-corrected chi connectivity index (χ2v) is 7.74. The van der Waals surface area contributed by atoms with Gasteiger partial charge in [0, 0.05) is 11.4 Å². The fourth-order valence-corrected chi connectivity index (χ4v) is 3.76. The monoisotopic (exact) mass is 441 g/mol. The van der Waals surface area contributed by atoms with Crippen molar-refractivity contribution in [1.29, 1.82) is 0 Å². The first-order valence-corrected chi connectivity index (χ1v) is 9.64. The third kappa shape index (κ3) is 4.95. The summed E-state index contributed by atoms with van der Waals surface area (Å²) in [6.07, 6.45) is -0.0252. The van der Waals surface area contributed by atoms with Crippen molar-refractivity contribution in [3.05, 3.63) is 52.3 Å². The van der Waals surface area contributed by atoms with E-state index < -0.39 is 17.0 Å². The molecule has 1 fully saturated rings. The van der Waals surface area contributed by atoms with Crippen LogP contribution in [0.15, 0.2) is 41.4 Å². The average molecular weight is 442 g/mol. The summed E-state index contributed by atoms with van der Waals surface area (Å²) in [6, 6.07) is 8.74. The largest absolute Gasteiger partial charge is 0.495 e. The third-order valence-corrected chi connectivity index (χ3v) is 5.32. The fourth-order valence-electron chi connectivity index (χ4n) is 2.41. The molecule has 1 aliphatic rings. The van der Waals surface area contributed by atoms with Gasteiger partial charge in [-0.2, -0.15) is 0 Å². The first-order valence-electron chi connectivity index (χ1n) is 8.00. The van der Waals surface area contributed by atoms with Gasteiger partial charge in [-0.3, -0.25) is 9.59 Å². The van der Waals surface area contributed by atoms with E-state index in [1.165, 1.54) is 25.3 Å². The predicted molar refractivity (Wildman–Crippen MR) is 109 cm³/mol. The summed E-state index contributed by atoms with van der Waals surface area (Å²) in [6.45, 7) is 0. The molecule has 6 nitrogen and oxygen atoms in total. The van der Waals surface area contributed by atoms with Crippen molar-refractivity contribution in [3.8, 4) is 5.75 Å². The van der Waals surface area contributed by atoms with Gasteiger partial charge in [0.15, 0.2) is 5.17 Å². The SMILES string of the molecule is COc1ccc(Cl)cc1NC(=O)[C@@H]1CC(=O)NC(=Nc2ccc(F)c(Cl)c2)S1. The number of nitrogens with one attached hydrogen (secondary N) is 2. The van der Waals surface area contributed by atoms with Gasteiger partial charge in [0.2, 0.25) is 11.8 Å². The van der Waals surface area contributed by atoms with Gasteiger partial charge in [-0.1, -0.05) is 35.0 Å². The van der Waals surface area contributed by atoms with Crippen molar-refractivity contribution >= 4 is 63.3 Å². The minimum Gasteiger partial charge on any atom is -0.495 e. The molecular weight excluding hydrogens is 428 g/mol. The molecule has 1 saturated heterocycles. The second-order valence-electron chi connectivity index (χ2n) is 5.71. The number of amides is 2. The third-order valence-electron chi connectivity index (χ3n) is 3.72.